The fourth-order valence-electron chi connectivity index (χ4n) is 1.33. The van der Waals surface area contributed by atoms with Gasteiger partial charge in [-0.05, 0) is 31.2 Å². The average Bonchev–Trinajstić information content (AvgIpc) is 2.67. The summed E-state index contributed by atoms with van der Waals surface area (Å²) in [6, 6.07) is 7.42. The number of hydrogen-bond acceptors (Lipinski definition) is 5. The van der Waals surface area contributed by atoms with E-state index in [2.05, 4.69) is 10.4 Å². The molecule has 5 nitrogen and oxygen atoms in total. The van der Waals surface area contributed by atoms with Crippen LogP contribution in [0.5, 0.6) is 5.75 Å². The lowest BCUT2D eigenvalue weighted by Gasteiger charge is -2.14. The van der Waals surface area contributed by atoms with E-state index in [9.17, 15) is 4.79 Å². The van der Waals surface area contributed by atoms with Crippen LogP contribution in [-0.4, -0.2) is 19.1 Å². The SMILES string of the molecule is CCOc1ccc(N2CC(=O)ON2)cc1. The molecule has 1 aliphatic rings. The number of nitrogens with zero attached hydrogens (tertiary/aromatic N) is 1. The topological polar surface area (TPSA) is 50.8 Å². The third-order valence-electron chi connectivity index (χ3n) is 2.02. The van der Waals surface area contributed by atoms with E-state index in [4.69, 9.17) is 4.74 Å². The van der Waals surface area contributed by atoms with Crippen LogP contribution in [0.2, 0.25) is 0 Å². The molecule has 0 spiro atoms. The van der Waals surface area contributed by atoms with Crippen molar-refractivity contribution >= 4 is 11.7 Å². The Balaban J connectivity index is 2.06. The largest absolute Gasteiger partial charge is 0.494 e. The van der Waals surface area contributed by atoms with Gasteiger partial charge in [-0.15, -0.1) is 0 Å². The van der Waals surface area contributed by atoms with Crippen molar-refractivity contribution in [3.05, 3.63) is 24.3 Å². The number of anilines is 1. The van der Waals surface area contributed by atoms with Crippen LogP contribution >= 0.6 is 0 Å². The van der Waals surface area contributed by atoms with Crippen molar-refractivity contribution in [1.82, 2.24) is 5.59 Å². The van der Waals surface area contributed by atoms with Crippen molar-refractivity contribution < 1.29 is 14.4 Å². The van der Waals surface area contributed by atoms with Gasteiger partial charge in [-0.25, -0.2) is 4.79 Å². The second-order valence-electron chi connectivity index (χ2n) is 3.08. The van der Waals surface area contributed by atoms with E-state index in [0.717, 1.165) is 11.4 Å². The summed E-state index contributed by atoms with van der Waals surface area (Å²) in [6.07, 6.45) is 0. The molecule has 5 heteroatoms. The van der Waals surface area contributed by atoms with Crippen LogP contribution in [0.4, 0.5) is 5.69 Å². The molecular formula is C10H12N2O3. The minimum absolute atomic E-state index is 0.216. The van der Waals surface area contributed by atoms with Gasteiger partial charge in [0.1, 0.15) is 12.3 Å². The molecule has 15 heavy (non-hydrogen) atoms. The zero-order valence-corrected chi connectivity index (χ0v) is 8.40. The van der Waals surface area contributed by atoms with Crippen molar-refractivity contribution in [1.29, 1.82) is 0 Å². The molecular weight excluding hydrogens is 196 g/mol. The highest BCUT2D eigenvalue weighted by Gasteiger charge is 2.20. The summed E-state index contributed by atoms with van der Waals surface area (Å²) < 4.78 is 5.31. The Bertz CT molecular complexity index is 350. The quantitative estimate of drug-likeness (QED) is 0.798. The van der Waals surface area contributed by atoms with Crippen LogP contribution in [0.25, 0.3) is 0 Å². The van der Waals surface area contributed by atoms with Crippen LogP contribution in [0.1, 0.15) is 6.92 Å². The van der Waals surface area contributed by atoms with Gasteiger partial charge in [-0.1, -0.05) is 5.59 Å². The Kier molecular flexibility index (Phi) is 2.73. The van der Waals surface area contributed by atoms with Crippen LogP contribution in [-0.2, 0) is 9.63 Å². The maximum Gasteiger partial charge on any atom is 0.347 e. The summed E-state index contributed by atoms with van der Waals surface area (Å²) in [6.45, 7) is 2.79. The summed E-state index contributed by atoms with van der Waals surface area (Å²) in [7, 11) is 0. The van der Waals surface area contributed by atoms with Gasteiger partial charge in [0.2, 0.25) is 0 Å². The van der Waals surface area contributed by atoms with Gasteiger partial charge >= 0.3 is 5.97 Å². The molecule has 80 valence electrons. The first-order valence-corrected chi connectivity index (χ1v) is 4.75. The van der Waals surface area contributed by atoms with E-state index in [1.165, 1.54) is 0 Å². The Morgan fingerprint density at radius 2 is 2.20 bits per heavy atom. The van der Waals surface area contributed by atoms with Gasteiger partial charge in [-0.3, -0.25) is 5.01 Å². The third kappa shape index (κ3) is 2.19. The fraction of sp³-hybridized carbons (Fsp3) is 0.300. The minimum Gasteiger partial charge on any atom is -0.494 e. The van der Waals surface area contributed by atoms with Gasteiger partial charge in [-0.2, -0.15) is 0 Å². The Morgan fingerprint density at radius 3 is 2.73 bits per heavy atom. The lowest BCUT2D eigenvalue weighted by molar-refractivity contribution is -0.141. The molecule has 0 radical (unpaired) electrons. The van der Waals surface area contributed by atoms with Crippen molar-refractivity contribution in [2.75, 3.05) is 18.2 Å². The Labute approximate surface area is 87.5 Å². The number of rotatable bonds is 3. The van der Waals surface area contributed by atoms with E-state index in [-0.39, 0.29) is 12.5 Å². The number of hydrogen-bond donors (Lipinski definition) is 1. The van der Waals surface area contributed by atoms with E-state index in [0.29, 0.717) is 6.61 Å². The molecule has 0 amide bonds. The van der Waals surface area contributed by atoms with Gasteiger partial charge in [0, 0.05) is 0 Å². The highest BCUT2D eigenvalue weighted by Crippen LogP contribution is 2.19. The standard InChI is InChI=1S/C10H12N2O3/c1-2-14-9-5-3-8(4-6-9)12-7-10(13)15-11-12/h3-6,11H,2,7H2,1H3. The lowest BCUT2D eigenvalue weighted by atomic mass is 10.3. The van der Waals surface area contributed by atoms with Crippen LogP contribution in [0.3, 0.4) is 0 Å². The molecule has 1 aromatic rings. The molecule has 2 rings (SSSR count). The van der Waals surface area contributed by atoms with Crippen LogP contribution < -0.4 is 15.3 Å². The van der Waals surface area contributed by atoms with Crippen molar-refractivity contribution in [3.63, 3.8) is 0 Å². The van der Waals surface area contributed by atoms with E-state index in [1.54, 1.807) is 5.01 Å². The highest BCUT2D eigenvalue weighted by atomic mass is 16.7. The molecule has 1 heterocycles. The monoisotopic (exact) mass is 208 g/mol. The maximum atomic E-state index is 10.8. The normalized spacial score (nSPS) is 15.3. The van der Waals surface area contributed by atoms with Crippen molar-refractivity contribution in [3.8, 4) is 5.75 Å². The smallest absolute Gasteiger partial charge is 0.347 e. The summed E-state index contributed by atoms with van der Waals surface area (Å²) in [5, 5.41) is 1.62. The van der Waals surface area contributed by atoms with Gasteiger partial charge in [0.15, 0.2) is 0 Å². The third-order valence-corrected chi connectivity index (χ3v) is 2.02. The van der Waals surface area contributed by atoms with Crippen LogP contribution in [0.15, 0.2) is 24.3 Å². The summed E-state index contributed by atoms with van der Waals surface area (Å²) in [4.78, 5) is 15.4. The van der Waals surface area contributed by atoms with Gasteiger partial charge in [0.05, 0.1) is 12.3 Å². The predicted molar refractivity (Wildman–Crippen MR) is 54.2 cm³/mol. The predicted octanol–water partition coefficient (Wildman–Crippen LogP) is 0.868. The van der Waals surface area contributed by atoms with Gasteiger partial charge in [0.25, 0.3) is 0 Å². The molecule has 1 saturated heterocycles. The first-order chi connectivity index (χ1) is 7.29. The fourth-order valence-corrected chi connectivity index (χ4v) is 1.33. The maximum absolute atomic E-state index is 10.8. The number of carbonyl (C=O) groups is 1. The molecule has 0 aromatic heterocycles. The summed E-state index contributed by atoms with van der Waals surface area (Å²) in [5.41, 5.74) is 3.38. The number of ether oxygens (including phenoxy) is 1. The number of benzene rings is 1. The second-order valence-corrected chi connectivity index (χ2v) is 3.08. The molecule has 0 unspecified atom stereocenters. The summed E-state index contributed by atoms with van der Waals surface area (Å²) in [5.74, 6) is 0.525. The molecule has 0 atom stereocenters. The number of carbonyl (C=O) groups excluding carboxylic acids is 1. The second kappa shape index (κ2) is 4.18. The van der Waals surface area contributed by atoms with Crippen LogP contribution in [0, 0.1) is 0 Å². The Hall–Kier alpha value is -1.75. The van der Waals surface area contributed by atoms with Gasteiger partial charge < -0.3 is 9.57 Å². The summed E-state index contributed by atoms with van der Waals surface area (Å²) >= 11 is 0. The average molecular weight is 208 g/mol. The van der Waals surface area contributed by atoms with E-state index in [1.807, 2.05) is 31.2 Å². The molecule has 1 fully saturated rings. The molecule has 0 bridgehead atoms. The zero-order valence-electron chi connectivity index (χ0n) is 8.40. The molecule has 1 aromatic carbocycles. The molecule has 0 saturated carbocycles. The minimum atomic E-state index is -0.288. The molecule has 1 N–H and O–H groups in total. The van der Waals surface area contributed by atoms with Crippen molar-refractivity contribution in [2.24, 2.45) is 0 Å². The lowest BCUT2D eigenvalue weighted by Crippen LogP contribution is -2.29. The molecule has 1 aliphatic heterocycles. The number of hydrazine groups is 1. The molecule has 0 aliphatic carbocycles. The van der Waals surface area contributed by atoms with E-state index < -0.39 is 0 Å². The zero-order chi connectivity index (χ0) is 10.7. The first-order valence-electron chi connectivity index (χ1n) is 4.75. The number of nitrogens with one attached hydrogen (secondary N) is 1. The van der Waals surface area contributed by atoms with Crippen molar-refractivity contribution in [2.45, 2.75) is 6.92 Å². The van der Waals surface area contributed by atoms with E-state index >= 15 is 0 Å². The highest BCUT2D eigenvalue weighted by molar-refractivity contribution is 5.77. The Morgan fingerprint density at radius 1 is 1.47 bits per heavy atom. The first kappa shape index (κ1) is 9.79.